The van der Waals surface area contributed by atoms with Gasteiger partial charge in [0.15, 0.2) is 0 Å². The van der Waals surface area contributed by atoms with Gasteiger partial charge in [0.2, 0.25) is 5.91 Å². The second-order valence-corrected chi connectivity index (χ2v) is 5.09. The van der Waals surface area contributed by atoms with Crippen molar-refractivity contribution in [3.63, 3.8) is 0 Å². The summed E-state index contributed by atoms with van der Waals surface area (Å²) in [6, 6.07) is 0. The Morgan fingerprint density at radius 2 is 1.88 bits per heavy atom. The number of aliphatic hydroxyl groups is 1. The van der Waals surface area contributed by atoms with Crippen molar-refractivity contribution in [1.82, 2.24) is 5.32 Å². The molecule has 0 aromatic carbocycles. The summed E-state index contributed by atoms with van der Waals surface area (Å²) in [6.45, 7) is 5.58. The fourth-order valence-electron chi connectivity index (χ4n) is 1.64. The first-order valence-corrected chi connectivity index (χ1v) is 6.80. The number of nitrogens with one attached hydrogen (secondary N) is 1. The summed E-state index contributed by atoms with van der Waals surface area (Å²) in [5, 5.41) is 12.4. The largest absolute Gasteiger partial charge is 0.391 e. The van der Waals surface area contributed by atoms with Gasteiger partial charge in [-0.1, -0.05) is 33.1 Å². The second-order valence-electron chi connectivity index (χ2n) is 5.09. The number of aliphatic hydroxyl groups excluding tert-OH is 1. The molecule has 0 saturated heterocycles. The van der Waals surface area contributed by atoms with E-state index in [1.54, 1.807) is 0 Å². The Bertz CT molecular complexity index is 196. The van der Waals surface area contributed by atoms with Gasteiger partial charge in [-0.2, -0.15) is 0 Å². The van der Waals surface area contributed by atoms with Crippen LogP contribution in [0.1, 0.15) is 52.4 Å². The van der Waals surface area contributed by atoms with E-state index in [0.29, 0.717) is 13.0 Å². The van der Waals surface area contributed by atoms with E-state index in [0.717, 1.165) is 38.1 Å². The Hall–Kier alpha value is -0.610. The molecule has 5 N–H and O–H groups in total. The van der Waals surface area contributed by atoms with Gasteiger partial charge < -0.3 is 16.2 Å². The minimum atomic E-state index is -0.397. The summed E-state index contributed by atoms with van der Waals surface area (Å²) in [4.78, 5) is 11.3. The molecule has 1 unspecified atom stereocenters. The number of amides is 1. The van der Waals surface area contributed by atoms with Crippen LogP contribution in [0.3, 0.4) is 0 Å². The van der Waals surface area contributed by atoms with E-state index >= 15 is 0 Å². The van der Waals surface area contributed by atoms with Crippen LogP contribution < -0.4 is 11.1 Å². The lowest BCUT2D eigenvalue weighted by Gasteiger charge is -2.12. The van der Waals surface area contributed by atoms with E-state index in [9.17, 15) is 9.90 Å². The van der Waals surface area contributed by atoms with Crippen molar-refractivity contribution in [3.8, 4) is 0 Å². The molecule has 1 atom stereocenters. The summed E-state index contributed by atoms with van der Waals surface area (Å²) in [6.07, 6.45) is 5.12. The Morgan fingerprint density at radius 1 is 1.24 bits per heavy atom. The number of carbonyl (C=O) groups excluding carboxylic acids is 1. The SMILES string of the molecule is CC(C)CCCCC(O)CNC(=O)CCC[NH3+]. The van der Waals surface area contributed by atoms with Gasteiger partial charge in [-0.25, -0.2) is 0 Å². The molecule has 102 valence electrons. The van der Waals surface area contributed by atoms with Gasteiger partial charge in [0.25, 0.3) is 0 Å². The minimum Gasteiger partial charge on any atom is -0.391 e. The van der Waals surface area contributed by atoms with Crippen molar-refractivity contribution in [2.24, 2.45) is 5.92 Å². The third-order valence-electron chi connectivity index (χ3n) is 2.76. The van der Waals surface area contributed by atoms with E-state index in [1.807, 2.05) is 0 Å². The molecule has 0 heterocycles. The van der Waals surface area contributed by atoms with Crippen molar-refractivity contribution in [3.05, 3.63) is 0 Å². The highest BCUT2D eigenvalue weighted by molar-refractivity contribution is 5.75. The van der Waals surface area contributed by atoms with Crippen molar-refractivity contribution < 1.29 is 15.6 Å². The van der Waals surface area contributed by atoms with Crippen LogP contribution in [0.4, 0.5) is 0 Å². The molecule has 0 saturated carbocycles. The molecule has 0 fully saturated rings. The molecule has 4 nitrogen and oxygen atoms in total. The molecule has 0 aromatic rings. The summed E-state index contributed by atoms with van der Waals surface area (Å²) < 4.78 is 0. The van der Waals surface area contributed by atoms with Crippen LogP contribution in [-0.2, 0) is 4.79 Å². The normalized spacial score (nSPS) is 12.8. The van der Waals surface area contributed by atoms with E-state index in [1.165, 1.54) is 6.42 Å². The Morgan fingerprint density at radius 3 is 2.47 bits per heavy atom. The first-order valence-electron chi connectivity index (χ1n) is 6.80. The van der Waals surface area contributed by atoms with E-state index in [4.69, 9.17) is 0 Å². The number of hydrogen-bond donors (Lipinski definition) is 3. The average Bonchev–Trinajstić information content (AvgIpc) is 2.29. The lowest BCUT2D eigenvalue weighted by molar-refractivity contribution is -0.368. The first kappa shape index (κ1) is 16.4. The first-order chi connectivity index (χ1) is 8.06. The van der Waals surface area contributed by atoms with Gasteiger partial charge in [-0.3, -0.25) is 4.79 Å². The molecule has 0 bridgehead atoms. The highest BCUT2D eigenvalue weighted by Gasteiger charge is 2.07. The van der Waals surface area contributed by atoms with E-state index < -0.39 is 6.10 Å². The summed E-state index contributed by atoms with van der Waals surface area (Å²) in [5.41, 5.74) is 3.69. The molecule has 0 spiro atoms. The molecule has 4 heteroatoms. The zero-order valence-electron chi connectivity index (χ0n) is 11.4. The van der Waals surface area contributed by atoms with Crippen LogP contribution in [0.5, 0.6) is 0 Å². The Labute approximate surface area is 105 Å². The highest BCUT2D eigenvalue weighted by Crippen LogP contribution is 2.09. The Kier molecular flexibility index (Phi) is 10.2. The smallest absolute Gasteiger partial charge is 0.220 e. The van der Waals surface area contributed by atoms with Crippen molar-refractivity contribution in [2.45, 2.75) is 58.5 Å². The van der Waals surface area contributed by atoms with Gasteiger partial charge in [-0.05, 0) is 12.3 Å². The number of hydrogen-bond acceptors (Lipinski definition) is 2. The summed E-state index contributed by atoms with van der Waals surface area (Å²) in [5.74, 6) is 0.754. The minimum absolute atomic E-state index is 0.0230. The van der Waals surface area contributed by atoms with Crippen molar-refractivity contribution >= 4 is 5.91 Å². The van der Waals surface area contributed by atoms with Crippen molar-refractivity contribution in [1.29, 1.82) is 0 Å². The molecular weight excluding hydrogens is 216 g/mol. The standard InChI is InChI=1S/C13H28N2O2/c1-11(2)6-3-4-7-12(16)10-15-13(17)8-5-9-14/h11-12,16H,3-10,14H2,1-2H3,(H,15,17)/p+1. The quantitative estimate of drug-likeness (QED) is 0.496. The third-order valence-corrected chi connectivity index (χ3v) is 2.76. The lowest BCUT2D eigenvalue weighted by atomic mass is 10.0. The van der Waals surface area contributed by atoms with Crippen molar-refractivity contribution in [2.75, 3.05) is 13.1 Å². The fraction of sp³-hybridized carbons (Fsp3) is 0.923. The summed E-state index contributed by atoms with van der Waals surface area (Å²) >= 11 is 0. The monoisotopic (exact) mass is 245 g/mol. The number of carbonyl (C=O) groups is 1. The molecule has 0 aliphatic heterocycles. The molecule has 0 radical (unpaired) electrons. The zero-order chi connectivity index (χ0) is 13.1. The Balaban J connectivity index is 3.39. The molecule has 0 aliphatic rings. The molecular formula is C13H29N2O2+. The van der Waals surface area contributed by atoms with Crippen LogP contribution in [0.15, 0.2) is 0 Å². The van der Waals surface area contributed by atoms with Crippen LogP contribution in [0.25, 0.3) is 0 Å². The van der Waals surface area contributed by atoms with E-state index in [-0.39, 0.29) is 5.91 Å². The maximum absolute atomic E-state index is 11.3. The van der Waals surface area contributed by atoms with Gasteiger partial charge in [0.1, 0.15) is 0 Å². The second kappa shape index (κ2) is 10.5. The maximum Gasteiger partial charge on any atom is 0.220 e. The van der Waals surface area contributed by atoms with Crippen LogP contribution >= 0.6 is 0 Å². The van der Waals surface area contributed by atoms with Gasteiger partial charge in [-0.15, -0.1) is 0 Å². The molecule has 1 amide bonds. The highest BCUT2D eigenvalue weighted by atomic mass is 16.3. The van der Waals surface area contributed by atoms with Crippen LogP contribution in [-0.4, -0.2) is 30.2 Å². The molecule has 0 aromatic heterocycles. The van der Waals surface area contributed by atoms with E-state index in [2.05, 4.69) is 24.9 Å². The predicted molar refractivity (Wildman–Crippen MR) is 69.3 cm³/mol. The van der Waals surface area contributed by atoms with Crippen LogP contribution in [0.2, 0.25) is 0 Å². The zero-order valence-corrected chi connectivity index (χ0v) is 11.4. The molecule has 0 aliphatic carbocycles. The topological polar surface area (TPSA) is 77.0 Å². The van der Waals surface area contributed by atoms with Gasteiger partial charge >= 0.3 is 0 Å². The predicted octanol–water partition coefficient (Wildman–Crippen LogP) is 0.702. The van der Waals surface area contributed by atoms with Crippen LogP contribution in [0, 0.1) is 5.92 Å². The number of unbranched alkanes of at least 4 members (excludes halogenated alkanes) is 1. The maximum atomic E-state index is 11.3. The molecule has 0 rings (SSSR count). The third kappa shape index (κ3) is 11.6. The lowest BCUT2D eigenvalue weighted by Crippen LogP contribution is -2.50. The fourth-order valence-corrected chi connectivity index (χ4v) is 1.64. The van der Waals surface area contributed by atoms with Gasteiger partial charge in [0.05, 0.1) is 12.6 Å². The number of quaternary nitrogens is 1. The van der Waals surface area contributed by atoms with Gasteiger partial charge in [0, 0.05) is 19.4 Å². The number of rotatable bonds is 10. The average molecular weight is 245 g/mol. The summed E-state index contributed by atoms with van der Waals surface area (Å²) in [7, 11) is 0. The molecule has 17 heavy (non-hydrogen) atoms.